The van der Waals surface area contributed by atoms with Crippen molar-refractivity contribution in [2.24, 2.45) is 5.10 Å². The van der Waals surface area contributed by atoms with E-state index in [0.717, 1.165) is 11.1 Å². The number of phenolic OH excluding ortho intramolecular Hbond substituents is 1. The lowest BCUT2D eigenvalue weighted by Crippen LogP contribution is -2.17. The number of amides is 1. The van der Waals surface area contributed by atoms with Gasteiger partial charge in [0, 0.05) is 11.1 Å². The van der Waals surface area contributed by atoms with Crippen molar-refractivity contribution in [3.05, 3.63) is 108 Å². The molecule has 0 saturated heterocycles. The topological polar surface area (TPSA) is 70.9 Å². The molecule has 0 spiro atoms. The van der Waals surface area contributed by atoms with E-state index < -0.39 is 0 Å². The van der Waals surface area contributed by atoms with E-state index in [4.69, 9.17) is 4.74 Å². The Morgan fingerprint density at radius 2 is 1.79 bits per heavy atom. The third-order valence-corrected chi connectivity index (χ3v) is 4.25. The van der Waals surface area contributed by atoms with Gasteiger partial charge in [-0.15, -0.1) is 6.58 Å². The summed E-state index contributed by atoms with van der Waals surface area (Å²) in [5.41, 5.74) is 5.27. The highest BCUT2D eigenvalue weighted by Crippen LogP contribution is 2.21. The van der Waals surface area contributed by atoms with E-state index in [-0.39, 0.29) is 11.7 Å². The molecule has 2 N–H and O–H groups in total. The molecule has 0 heterocycles. The zero-order chi connectivity index (χ0) is 20.5. The Balaban J connectivity index is 1.56. The Labute approximate surface area is 170 Å². The molecule has 0 bridgehead atoms. The quantitative estimate of drug-likeness (QED) is 0.341. The van der Waals surface area contributed by atoms with Gasteiger partial charge in [-0.05, 0) is 47.9 Å². The molecule has 3 aromatic rings. The van der Waals surface area contributed by atoms with Gasteiger partial charge in [-0.1, -0.05) is 48.5 Å². The minimum atomic E-state index is -0.349. The molecule has 3 aromatic carbocycles. The molecule has 29 heavy (non-hydrogen) atoms. The summed E-state index contributed by atoms with van der Waals surface area (Å²) in [6.07, 6.45) is 3.68. The number of para-hydroxylation sites is 1. The molecule has 0 saturated carbocycles. The molecule has 0 radical (unpaired) electrons. The molecule has 0 fully saturated rings. The molecular formula is C24H22N2O3. The summed E-state index contributed by atoms with van der Waals surface area (Å²) in [6.45, 7) is 4.13. The van der Waals surface area contributed by atoms with Crippen molar-refractivity contribution in [1.82, 2.24) is 5.43 Å². The molecule has 3 rings (SSSR count). The predicted molar refractivity (Wildman–Crippen MR) is 114 cm³/mol. The molecule has 5 heteroatoms. The van der Waals surface area contributed by atoms with Crippen LogP contribution in [0.2, 0.25) is 0 Å². The second-order valence-corrected chi connectivity index (χ2v) is 6.35. The highest BCUT2D eigenvalue weighted by molar-refractivity contribution is 5.95. The average Bonchev–Trinajstić information content (AvgIpc) is 2.76. The van der Waals surface area contributed by atoms with Crippen LogP contribution in [-0.4, -0.2) is 17.2 Å². The summed E-state index contributed by atoms with van der Waals surface area (Å²) in [7, 11) is 0. The van der Waals surface area contributed by atoms with Crippen LogP contribution in [0.5, 0.6) is 11.5 Å². The van der Waals surface area contributed by atoms with E-state index in [9.17, 15) is 9.90 Å². The van der Waals surface area contributed by atoms with E-state index in [1.807, 2.05) is 42.5 Å². The summed E-state index contributed by atoms with van der Waals surface area (Å²) in [5, 5.41) is 14.1. The maximum atomic E-state index is 12.2. The molecule has 5 nitrogen and oxygen atoms in total. The van der Waals surface area contributed by atoms with Gasteiger partial charge in [0.15, 0.2) is 0 Å². The molecule has 0 aliphatic heterocycles. The lowest BCUT2D eigenvalue weighted by Gasteiger charge is -2.07. The van der Waals surface area contributed by atoms with Gasteiger partial charge in [0.25, 0.3) is 5.91 Å². The Morgan fingerprint density at radius 1 is 1.03 bits per heavy atom. The number of hydrogen-bond acceptors (Lipinski definition) is 4. The predicted octanol–water partition coefficient (Wildman–Crippen LogP) is 4.46. The second-order valence-electron chi connectivity index (χ2n) is 6.35. The highest BCUT2D eigenvalue weighted by Gasteiger charge is 2.06. The van der Waals surface area contributed by atoms with Crippen molar-refractivity contribution in [3.63, 3.8) is 0 Å². The molecule has 0 unspecified atom stereocenters. The lowest BCUT2D eigenvalue weighted by atomic mass is 10.1. The number of nitrogens with zero attached hydrogens (tertiary/aromatic N) is 1. The molecule has 1 amide bonds. The molecule has 146 valence electrons. The first kappa shape index (κ1) is 19.9. The van der Waals surface area contributed by atoms with Crippen LogP contribution in [-0.2, 0) is 13.0 Å². The van der Waals surface area contributed by atoms with Crippen LogP contribution in [0.15, 0.2) is 90.6 Å². The first-order chi connectivity index (χ1) is 14.2. The van der Waals surface area contributed by atoms with Crippen molar-refractivity contribution in [1.29, 1.82) is 0 Å². The summed E-state index contributed by atoms with van der Waals surface area (Å²) in [4.78, 5) is 12.2. The SMILES string of the molecule is C=CCc1cccc(/C=N/NC(=O)c2ccc(OCc3ccccc3)cc2)c1O. The zero-order valence-corrected chi connectivity index (χ0v) is 15.9. The number of allylic oxidation sites excluding steroid dienone is 1. The second kappa shape index (κ2) is 9.90. The van der Waals surface area contributed by atoms with Crippen LogP contribution in [0.3, 0.4) is 0 Å². The minimum absolute atomic E-state index is 0.130. The lowest BCUT2D eigenvalue weighted by molar-refractivity contribution is 0.0955. The van der Waals surface area contributed by atoms with Crippen molar-refractivity contribution in [2.45, 2.75) is 13.0 Å². The fraction of sp³-hybridized carbons (Fsp3) is 0.0833. The van der Waals surface area contributed by atoms with Gasteiger partial charge in [-0.2, -0.15) is 5.10 Å². The fourth-order valence-electron chi connectivity index (χ4n) is 2.70. The summed E-state index contributed by atoms with van der Waals surface area (Å²) >= 11 is 0. The number of aromatic hydroxyl groups is 1. The number of nitrogens with one attached hydrogen (secondary N) is 1. The van der Waals surface area contributed by atoms with E-state index >= 15 is 0 Å². The molecule has 0 aliphatic rings. The van der Waals surface area contributed by atoms with Crippen LogP contribution in [0.4, 0.5) is 0 Å². The van der Waals surface area contributed by atoms with Gasteiger partial charge < -0.3 is 9.84 Å². The van der Waals surface area contributed by atoms with Crippen LogP contribution in [0.25, 0.3) is 0 Å². The summed E-state index contributed by atoms with van der Waals surface area (Å²) < 4.78 is 5.71. The number of hydrogen-bond donors (Lipinski definition) is 2. The molecule has 0 atom stereocenters. The smallest absolute Gasteiger partial charge is 0.271 e. The summed E-state index contributed by atoms with van der Waals surface area (Å²) in [5.74, 6) is 0.459. The molecular weight excluding hydrogens is 364 g/mol. The van der Waals surface area contributed by atoms with Crippen LogP contribution in [0, 0.1) is 0 Å². The number of rotatable bonds is 8. The number of carbonyl (C=O) groups excluding carboxylic acids is 1. The zero-order valence-electron chi connectivity index (χ0n) is 15.9. The van der Waals surface area contributed by atoms with Gasteiger partial charge in [0.05, 0.1) is 6.21 Å². The first-order valence-electron chi connectivity index (χ1n) is 9.19. The largest absolute Gasteiger partial charge is 0.507 e. The number of hydrazone groups is 1. The van der Waals surface area contributed by atoms with Gasteiger partial charge in [-0.25, -0.2) is 5.43 Å². The van der Waals surface area contributed by atoms with Crippen LogP contribution in [0.1, 0.15) is 27.0 Å². The minimum Gasteiger partial charge on any atom is -0.507 e. The van der Waals surface area contributed by atoms with Crippen LogP contribution >= 0.6 is 0 Å². The maximum Gasteiger partial charge on any atom is 0.271 e. The van der Waals surface area contributed by atoms with E-state index in [2.05, 4.69) is 17.1 Å². The van der Waals surface area contributed by atoms with E-state index in [1.165, 1.54) is 6.21 Å². The van der Waals surface area contributed by atoms with Crippen LogP contribution < -0.4 is 10.2 Å². The summed E-state index contributed by atoms with van der Waals surface area (Å²) in [6, 6.07) is 22.0. The van der Waals surface area contributed by atoms with E-state index in [1.54, 1.807) is 36.4 Å². The normalized spacial score (nSPS) is 10.6. The maximum absolute atomic E-state index is 12.2. The van der Waals surface area contributed by atoms with E-state index in [0.29, 0.717) is 29.9 Å². The Morgan fingerprint density at radius 3 is 2.52 bits per heavy atom. The number of benzene rings is 3. The molecule has 0 aliphatic carbocycles. The van der Waals surface area contributed by atoms with Gasteiger partial charge >= 0.3 is 0 Å². The molecule has 0 aromatic heterocycles. The van der Waals surface area contributed by atoms with Crippen molar-refractivity contribution >= 4 is 12.1 Å². The van der Waals surface area contributed by atoms with Crippen molar-refractivity contribution in [2.75, 3.05) is 0 Å². The van der Waals surface area contributed by atoms with Gasteiger partial charge in [0.1, 0.15) is 18.1 Å². The first-order valence-corrected chi connectivity index (χ1v) is 9.19. The standard InChI is InChI=1S/C24H22N2O3/c1-2-7-19-10-6-11-21(23(19)27)16-25-26-24(28)20-12-14-22(15-13-20)29-17-18-8-4-3-5-9-18/h2-6,8-16,27H,1,7,17H2,(H,26,28)/b25-16+. The average molecular weight is 386 g/mol. The van der Waals surface area contributed by atoms with Crippen molar-refractivity contribution in [3.8, 4) is 11.5 Å². The Kier molecular flexibility index (Phi) is 6.79. The third kappa shape index (κ3) is 5.56. The Bertz CT molecular complexity index is 996. The monoisotopic (exact) mass is 386 g/mol. The van der Waals surface area contributed by atoms with Gasteiger partial charge in [0.2, 0.25) is 0 Å². The fourth-order valence-corrected chi connectivity index (χ4v) is 2.70. The van der Waals surface area contributed by atoms with Gasteiger partial charge in [-0.3, -0.25) is 4.79 Å². The van der Waals surface area contributed by atoms with Crippen molar-refractivity contribution < 1.29 is 14.6 Å². The number of phenols is 1. The Hall–Kier alpha value is -3.86. The number of ether oxygens (including phenoxy) is 1. The number of carbonyl (C=O) groups is 1. The highest BCUT2D eigenvalue weighted by atomic mass is 16.5. The third-order valence-electron chi connectivity index (χ3n) is 4.25.